The second kappa shape index (κ2) is 7.66. The maximum Gasteiger partial charge on any atom is 0.290 e. The van der Waals surface area contributed by atoms with E-state index in [2.05, 4.69) is 0 Å². The Kier molecular flexibility index (Phi) is 5.51. The number of carbonyl (C=O) groups excluding carboxylic acids is 1. The monoisotopic (exact) mass is 375 g/mol. The summed E-state index contributed by atoms with van der Waals surface area (Å²) in [5.74, 6) is -0.811. The molecule has 0 aliphatic carbocycles. The molecule has 1 saturated heterocycles. The molecular weight excluding hydrogens is 354 g/mol. The molecule has 1 aliphatic rings. The van der Waals surface area contributed by atoms with E-state index in [4.69, 9.17) is 25.8 Å². The van der Waals surface area contributed by atoms with Crippen LogP contribution in [0.1, 0.15) is 25.5 Å². The second-order valence-electron chi connectivity index (χ2n) is 5.86. The van der Waals surface area contributed by atoms with Crippen LogP contribution in [-0.2, 0) is 14.3 Å². The van der Waals surface area contributed by atoms with Gasteiger partial charge in [0.25, 0.3) is 11.7 Å². The van der Waals surface area contributed by atoms with E-state index < -0.39 is 11.8 Å². The van der Waals surface area contributed by atoms with Gasteiger partial charge in [-0.1, -0.05) is 23.7 Å². The zero-order chi connectivity index (χ0) is 18.7. The van der Waals surface area contributed by atoms with E-state index >= 15 is 0 Å². The summed E-state index contributed by atoms with van der Waals surface area (Å²) < 4.78 is 16.9. The number of hydrogen-bond acceptors (Lipinski definition) is 4. The number of halogens is 1. The highest BCUT2D eigenvalue weighted by atomic mass is 35.5. The molecule has 1 aliphatic heterocycles. The molecule has 0 saturated carbocycles. The molecule has 1 heterocycles. The highest BCUT2D eigenvalue weighted by molar-refractivity contribution is 6.30. The third kappa shape index (κ3) is 3.07. The Labute approximate surface area is 158 Å². The Morgan fingerprint density at radius 1 is 1.00 bits per heavy atom. The van der Waals surface area contributed by atoms with Crippen molar-refractivity contribution in [3.8, 4) is 5.75 Å². The Hall–Kier alpha value is -2.08. The predicted octanol–water partition coefficient (Wildman–Crippen LogP) is 4.21. The third-order valence-corrected chi connectivity index (χ3v) is 4.64. The lowest BCUT2D eigenvalue weighted by atomic mass is 9.86. The quantitative estimate of drug-likeness (QED) is 0.537. The molecule has 0 radical (unpaired) electrons. The van der Waals surface area contributed by atoms with Crippen LogP contribution in [0.5, 0.6) is 5.75 Å². The number of ether oxygens (including phenoxy) is 3. The molecule has 0 N–H and O–H groups in total. The van der Waals surface area contributed by atoms with E-state index in [1.807, 2.05) is 50.2 Å². The van der Waals surface area contributed by atoms with Crippen LogP contribution in [0, 0.1) is 0 Å². The summed E-state index contributed by atoms with van der Waals surface area (Å²) >= 11 is 6.03. The number of amides is 1. The molecule has 138 valence electrons. The Balaban J connectivity index is 2.04. The average molecular weight is 376 g/mol. The summed E-state index contributed by atoms with van der Waals surface area (Å²) in [6.45, 7) is 4.44. The van der Waals surface area contributed by atoms with Crippen LogP contribution in [-0.4, -0.2) is 32.0 Å². The van der Waals surface area contributed by atoms with E-state index in [-0.39, 0.29) is 5.91 Å². The molecule has 0 spiro atoms. The number of carbonyl (C=O) groups is 1. The highest BCUT2D eigenvalue weighted by Crippen LogP contribution is 2.49. The first kappa shape index (κ1) is 18.7. The standard InChI is InChI=1S/C20H22ClNO4/c1-4-25-20(26-5-2)18(14-6-8-15(21)9-7-14)22(19(20)23)16-10-12-17(24-3)13-11-16/h6-13,18H,4-5H2,1-3H3. The summed E-state index contributed by atoms with van der Waals surface area (Å²) in [5, 5.41) is 0.633. The van der Waals surface area contributed by atoms with E-state index in [0.717, 1.165) is 17.0 Å². The van der Waals surface area contributed by atoms with Crippen LogP contribution < -0.4 is 9.64 Å². The van der Waals surface area contributed by atoms with Gasteiger partial charge in [-0.25, -0.2) is 0 Å². The first-order valence-corrected chi connectivity index (χ1v) is 8.96. The lowest BCUT2D eigenvalue weighted by Gasteiger charge is -2.54. The molecule has 5 nitrogen and oxygen atoms in total. The minimum Gasteiger partial charge on any atom is -0.497 e. The summed E-state index contributed by atoms with van der Waals surface area (Å²) in [5.41, 5.74) is 1.65. The Bertz CT molecular complexity index is 754. The average Bonchev–Trinajstić information content (AvgIpc) is 2.66. The Morgan fingerprint density at radius 2 is 1.58 bits per heavy atom. The summed E-state index contributed by atoms with van der Waals surface area (Å²) in [6.07, 6.45) is 0. The van der Waals surface area contributed by atoms with Crippen molar-refractivity contribution in [1.82, 2.24) is 0 Å². The topological polar surface area (TPSA) is 48.0 Å². The molecule has 0 bridgehead atoms. The van der Waals surface area contributed by atoms with Crippen molar-refractivity contribution in [2.24, 2.45) is 0 Å². The van der Waals surface area contributed by atoms with Crippen LogP contribution in [0.25, 0.3) is 0 Å². The first-order chi connectivity index (χ1) is 12.6. The van der Waals surface area contributed by atoms with Crippen molar-refractivity contribution >= 4 is 23.2 Å². The summed E-state index contributed by atoms with van der Waals surface area (Å²) in [7, 11) is 1.61. The molecule has 26 heavy (non-hydrogen) atoms. The van der Waals surface area contributed by atoms with Crippen LogP contribution in [0.3, 0.4) is 0 Å². The third-order valence-electron chi connectivity index (χ3n) is 4.39. The van der Waals surface area contributed by atoms with E-state index in [1.165, 1.54) is 0 Å². The van der Waals surface area contributed by atoms with Crippen molar-refractivity contribution in [1.29, 1.82) is 0 Å². The van der Waals surface area contributed by atoms with Gasteiger partial charge in [0.05, 0.1) is 7.11 Å². The number of β-lactam (4-membered cyclic amide) rings is 1. The van der Waals surface area contributed by atoms with Gasteiger partial charge in [0.1, 0.15) is 11.8 Å². The summed E-state index contributed by atoms with van der Waals surface area (Å²) in [4.78, 5) is 14.8. The fraction of sp³-hybridized carbons (Fsp3) is 0.350. The van der Waals surface area contributed by atoms with Gasteiger partial charge in [0.15, 0.2) is 0 Å². The molecule has 6 heteroatoms. The van der Waals surface area contributed by atoms with Crippen molar-refractivity contribution in [2.45, 2.75) is 25.7 Å². The molecule has 1 fully saturated rings. The maximum atomic E-state index is 13.1. The number of nitrogens with zero attached hydrogens (tertiary/aromatic N) is 1. The zero-order valence-electron chi connectivity index (χ0n) is 15.1. The number of rotatable bonds is 7. The minimum absolute atomic E-state index is 0.216. The highest BCUT2D eigenvalue weighted by Gasteiger charge is 2.64. The van der Waals surface area contributed by atoms with Gasteiger partial charge in [-0.2, -0.15) is 0 Å². The van der Waals surface area contributed by atoms with Crippen LogP contribution >= 0.6 is 11.6 Å². The van der Waals surface area contributed by atoms with Crippen molar-refractivity contribution in [2.75, 3.05) is 25.2 Å². The lowest BCUT2D eigenvalue weighted by molar-refractivity contribution is -0.258. The molecule has 0 aromatic heterocycles. The van der Waals surface area contributed by atoms with Crippen molar-refractivity contribution in [3.05, 3.63) is 59.1 Å². The molecule has 1 amide bonds. The largest absolute Gasteiger partial charge is 0.497 e. The number of benzene rings is 2. The van der Waals surface area contributed by atoms with Gasteiger partial charge in [-0.05, 0) is 55.8 Å². The normalized spacial score (nSPS) is 18.5. The number of hydrogen-bond donors (Lipinski definition) is 0. The second-order valence-corrected chi connectivity index (χ2v) is 6.30. The van der Waals surface area contributed by atoms with E-state index in [1.54, 1.807) is 24.1 Å². The lowest BCUT2D eigenvalue weighted by Crippen LogP contribution is -2.71. The number of anilines is 1. The van der Waals surface area contributed by atoms with Crippen LogP contribution in [0.15, 0.2) is 48.5 Å². The minimum atomic E-state index is -1.32. The van der Waals surface area contributed by atoms with Gasteiger partial charge in [-0.15, -0.1) is 0 Å². The predicted molar refractivity (Wildman–Crippen MR) is 101 cm³/mol. The van der Waals surface area contributed by atoms with Crippen LogP contribution in [0.2, 0.25) is 5.02 Å². The zero-order valence-corrected chi connectivity index (χ0v) is 15.8. The molecule has 1 atom stereocenters. The fourth-order valence-corrected chi connectivity index (χ4v) is 3.41. The number of methoxy groups -OCH3 is 1. The first-order valence-electron chi connectivity index (χ1n) is 8.58. The van der Waals surface area contributed by atoms with Crippen molar-refractivity contribution < 1.29 is 19.0 Å². The smallest absolute Gasteiger partial charge is 0.290 e. The van der Waals surface area contributed by atoms with E-state index in [9.17, 15) is 4.79 Å². The van der Waals surface area contributed by atoms with Gasteiger partial charge in [0.2, 0.25) is 0 Å². The summed E-state index contributed by atoms with van der Waals surface area (Å²) in [6, 6.07) is 14.3. The molecule has 3 rings (SSSR count). The molecular formula is C20H22ClNO4. The molecule has 2 aromatic rings. The van der Waals surface area contributed by atoms with Gasteiger partial charge in [0, 0.05) is 23.9 Å². The molecule has 2 aromatic carbocycles. The Morgan fingerprint density at radius 3 is 2.08 bits per heavy atom. The van der Waals surface area contributed by atoms with Crippen LogP contribution in [0.4, 0.5) is 5.69 Å². The van der Waals surface area contributed by atoms with Crippen molar-refractivity contribution in [3.63, 3.8) is 0 Å². The molecule has 1 unspecified atom stereocenters. The van der Waals surface area contributed by atoms with E-state index in [0.29, 0.717) is 18.2 Å². The van der Waals surface area contributed by atoms with Gasteiger partial charge in [-0.3, -0.25) is 9.69 Å². The maximum absolute atomic E-state index is 13.1. The SMILES string of the molecule is CCOC1(OCC)C(=O)N(c2ccc(OC)cc2)C1c1ccc(Cl)cc1. The van der Waals surface area contributed by atoms with Gasteiger partial charge < -0.3 is 14.2 Å². The fourth-order valence-electron chi connectivity index (χ4n) is 3.28. The van der Waals surface area contributed by atoms with Gasteiger partial charge >= 0.3 is 0 Å².